The molecule has 6 nitrogen and oxygen atoms in total. The van der Waals surface area contributed by atoms with E-state index in [2.05, 4.69) is 15.3 Å². The monoisotopic (exact) mass is 392 g/mol. The Balaban J connectivity index is 1.44. The minimum Gasteiger partial charge on any atom is -0.390 e. The van der Waals surface area contributed by atoms with E-state index < -0.39 is 5.60 Å². The van der Waals surface area contributed by atoms with Crippen LogP contribution in [0.4, 0.5) is 0 Å². The molecule has 1 aliphatic rings. The molecule has 152 valence electrons. The number of hydrogen-bond acceptors (Lipinski definition) is 4. The number of pyridine rings is 2. The summed E-state index contributed by atoms with van der Waals surface area (Å²) in [5, 5.41) is 13.3. The lowest BCUT2D eigenvalue weighted by molar-refractivity contribution is -0.00257. The van der Waals surface area contributed by atoms with Gasteiger partial charge in [-0.2, -0.15) is 0 Å². The van der Waals surface area contributed by atoms with Crippen molar-refractivity contribution >= 4 is 11.4 Å². The number of nitrogens with zero attached hydrogens (tertiary/aromatic N) is 3. The maximum atomic E-state index is 12.6. The zero-order valence-corrected chi connectivity index (χ0v) is 17.2. The van der Waals surface area contributed by atoms with Gasteiger partial charge in [0.2, 0.25) is 0 Å². The van der Waals surface area contributed by atoms with Crippen LogP contribution in [0.25, 0.3) is 17.0 Å². The summed E-state index contributed by atoms with van der Waals surface area (Å²) in [6.07, 6.45) is 7.23. The van der Waals surface area contributed by atoms with Gasteiger partial charge in [0.1, 0.15) is 5.69 Å². The van der Waals surface area contributed by atoms with E-state index in [1.54, 1.807) is 12.3 Å². The second-order valence-electron chi connectivity index (χ2n) is 8.58. The Morgan fingerprint density at radius 3 is 2.59 bits per heavy atom. The Labute approximate surface area is 171 Å². The van der Waals surface area contributed by atoms with Gasteiger partial charge in [0.15, 0.2) is 5.82 Å². The number of amides is 1. The smallest absolute Gasteiger partial charge is 0.253 e. The molecule has 1 amide bonds. The fraction of sp³-hybridized carbons (Fsp3) is 0.435. The summed E-state index contributed by atoms with van der Waals surface area (Å²) in [6.45, 7) is 5.72. The normalized spacial score (nSPS) is 20.0. The molecule has 4 rings (SSSR count). The lowest BCUT2D eigenvalue weighted by Gasteiger charge is -2.36. The van der Waals surface area contributed by atoms with E-state index in [4.69, 9.17) is 0 Å². The Kier molecular flexibility index (Phi) is 5.13. The highest BCUT2D eigenvalue weighted by Crippen LogP contribution is 2.32. The molecule has 3 aromatic rings. The summed E-state index contributed by atoms with van der Waals surface area (Å²) < 4.78 is 2.01. The van der Waals surface area contributed by atoms with Crippen LogP contribution < -0.4 is 5.32 Å². The number of carbonyl (C=O) groups excluding carboxylic acids is 1. The van der Waals surface area contributed by atoms with Crippen molar-refractivity contribution in [1.82, 2.24) is 19.7 Å². The van der Waals surface area contributed by atoms with Crippen molar-refractivity contribution in [1.29, 1.82) is 0 Å². The van der Waals surface area contributed by atoms with Crippen LogP contribution in [0, 0.1) is 12.8 Å². The first-order valence-corrected chi connectivity index (χ1v) is 10.3. The first-order chi connectivity index (χ1) is 13.8. The molecule has 1 saturated carbocycles. The second-order valence-corrected chi connectivity index (χ2v) is 8.58. The van der Waals surface area contributed by atoms with Crippen LogP contribution in [0.3, 0.4) is 0 Å². The fourth-order valence-corrected chi connectivity index (χ4v) is 4.25. The molecule has 6 heteroatoms. The van der Waals surface area contributed by atoms with Crippen molar-refractivity contribution in [3.63, 3.8) is 0 Å². The minimum absolute atomic E-state index is 0.0973. The van der Waals surface area contributed by atoms with Crippen molar-refractivity contribution < 1.29 is 9.90 Å². The highest BCUT2D eigenvalue weighted by molar-refractivity contribution is 5.94. The molecule has 0 aliphatic heterocycles. The summed E-state index contributed by atoms with van der Waals surface area (Å²) in [4.78, 5) is 21.8. The third-order valence-electron chi connectivity index (χ3n) is 6.05. The minimum atomic E-state index is -0.649. The van der Waals surface area contributed by atoms with E-state index in [1.807, 2.05) is 55.6 Å². The number of aliphatic hydroxyl groups is 1. The Hall–Kier alpha value is -2.73. The van der Waals surface area contributed by atoms with Gasteiger partial charge in [-0.1, -0.05) is 6.07 Å². The molecule has 0 saturated heterocycles. The molecule has 0 unspecified atom stereocenters. The first-order valence-electron chi connectivity index (χ1n) is 10.3. The molecule has 3 heterocycles. The molecular formula is C23H28N4O2. The Morgan fingerprint density at radius 1 is 1.17 bits per heavy atom. The van der Waals surface area contributed by atoms with E-state index in [0.29, 0.717) is 11.5 Å². The Morgan fingerprint density at radius 2 is 1.93 bits per heavy atom. The lowest BCUT2D eigenvalue weighted by atomic mass is 9.77. The highest BCUT2D eigenvalue weighted by atomic mass is 16.3. The average molecular weight is 393 g/mol. The predicted molar refractivity (Wildman–Crippen MR) is 113 cm³/mol. The van der Waals surface area contributed by atoms with Gasteiger partial charge in [0, 0.05) is 18.4 Å². The molecular weight excluding hydrogens is 364 g/mol. The molecule has 1 aliphatic carbocycles. The van der Waals surface area contributed by atoms with Crippen molar-refractivity contribution in [2.75, 3.05) is 0 Å². The predicted octanol–water partition coefficient (Wildman–Crippen LogP) is 3.76. The van der Waals surface area contributed by atoms with Crippen LogP contribution in [0.2, 0.25) is 0 Å². The number of nitrogens with one attached hydrogen (secondary N) is 1. The quantitative estimate of drug-likeness (QED) is 0.708. The number of carbonyl (C=O) groups is 1. The molecule has 2 N–H and O–H groups in total. The molecule has 0 spiro atoms. The molecule has 29 heavy (non-hydrogen) atoms. The van der Waals surface area contributed by atoms with Crippen molar-refractivity contribution in [2.45, 2.75) is 58.1 Å². The number of hydrogen-bond donors (Lipinski definition) is 2. The molecule has 0 radical (unpaired) electrons. The molecule has 0 bridgehead atoms. The topological polar surface area (TPSA) is 79.5 Å². The number of imidazole rings is 1. The number of rotatable bonds is 4. The van der Waals surface area contributed by atoms with Crippen molar-refractivity contribution in [3.05, 3.63) is 54.0 Å². The summed E-state index contributed by atoms with van der Waals surface area (Å²) in [6, 6.07) is 9.79. The fourth-order valence-electron chi connectivity index (χ4n) is 4.25. The first kappa shape index (κ1) is 19.6. The van der Waals surface area contributed by atoms with E-state index in [1.165, 1.54) is 0 Å². The largest absolute Gasteiger partial charge is 0.390 e. The van der Waals surface area contributed by atoms with Crippen molar-refractivity contribution in [2.24, 2.45) is 5.92 Å². The third-order valence-corrected chi connectivity index (χ3v) is 6.05. The van der Waals surface area contributed by atoms with Gasteiger partial charge in [0.25, 0.3) is 5.91 Å². The number of fused-ring (bicyclic) bond motifs is 1. The van der Waals surface area contributed by atoms with Gasteiger partial charge in [-0.25, -0.2) is 4.98 Å². The van der Waals surface area contributed by atoms with Crippen LogP contribution in [0.5, 0.6) is 0 Å². The van der Waals surface area contributed by atoms with Crippen molar-refractivity contribution in [3.8, 4) is 11.5 Å². The van der Waals surface area contributed by atoms with Gasteiger partial charge in [-0.05, 0) is 76.6 Å². The molecule has 0 atom stereocenters. The zero-order valence-electron chi connectivity index (χ0n) is 17.2. The summed E-state index contributed by atoms with van der Waals surface area (Å²) >= 11 is 0. The van der Waals surface area contributed by atoms with Gasteiger partial charge in [-0.15, -0.1) is 0 Å². The molecule has 0 aromatic carbocycles. The summed E-state index contributed by atoms with van der Waals surface area (Å²) in [5.74, 6) is 0.972. The van der Waals surface area contributed by atoms with Gasteiger partial charge >= 0.3 is 0 Å². The second kappa shape index (κ2) is 7.59. The maximum Gasteiger partial charge on any atom is 0.253 e. The van der Waals surface area contributed by atoms with Crippen LogP contribution >= 0.6 is 0 Å². The van der Waals surface area contributed by atoms with Crippen LogP contribution in [0.15, 0.2) is 42.7 Å². The zero-order chi connectivity index (χ0) is 20.6. The highest BCUT2D eigenvalue weighted by Gasteiger charge is 2.31. The lowest BCUT2D eigenvalue weighted by Crippen LogP contribution is -2.41. The summed E-state index contributed by atoms with van der Waals surface area (Å²) in [5.41, 5.74) is 2.64. The van der Waals surface area contributed by atoms with E-state index >= 15 is 0 Å². The van der Waals surface area contributed by atoms with E-state index in [0.717, 1.165) is 48.4 Å². The Bertz CT molecular complexity index is 1010. The number of aromatic nitrogens is 3. The van der Waals surface area contributed by atoms with E-state index in [-0.39, 0.29) is 11.9 Å². The van der Waals surface area contributed by atoms with E-state index in [9.17, 15) is 9.90 Å². The third kappa shape index (κ3) is 4.03. The van der Waals surface area contributed by atoms with Crippen LogP contribution in [-0.4, -0.2) is 37.0 Å². The standard InChI is InChI=1S/C23H28N4O2/c1-15-20-6-4-5-13-27(20)21(25-15)19-12-7-16(14-24-19)22(28)26-18-10-8-17(9-11-18)23(2,3)29/h4-7,12-14,17-18,29H,8-11H2,1-3H3,(H,26,28). The summed E-state index contributed by atoms with van der Waals surface area (Å²) in [7, 11) is 0. The number of aryl methyl sites for hydroxylation is 1. The molecule has 3 aromatic heterocycles. The van der Waals surface area contributed by atoms with Crippen LogP contribution in [0.1, 0.15) is 55.6 Å². The maximum absolute atomic E-state index is 12.6. The van der Waals surface area contributed by atoms with Gasteiger partial charge in [-0.3, -0.25) is 14.2 Å². The molecule has 1 fully saturated rings. The van der Waals surface area contributed by atoms with Gasteiger partial charge < -0.3 is 10.4 Å². The van der Waals surface area contributed by atoms with Crippen LogP contribution in [-0.2, 0) is 0 Å². The van der Waals surface area contributed by atoms with Gasteiger partial charge in [0.05, 0.1) is 22.4 Å². The SMILES string of the molecule is Cc1nc(-c2ccc(C(=O)NC3CCC(C(C)(C)O)CC3)cn2)n2ccccc12. The average Bonchev–Trinajstić information content (AvgIpc) is 3.05.